The van der Waals surface area contributed by atoms with Crippen LogP contribution >= 0.6 is 31.9 Å². The van der Waals surface area contributed by atoms with Gasteiger partial charge in [-0.25, -0.2) is 9.59 Å². The summed E-state index contributed by atoms with van der Waals surface area (Å²) in [6.07, 6.45) is 1.14. The van der Waals surface area contributed by atoms with Gasteiger partial charge in [-0.3, -0.25) is 19.3 Å². The largest absolute Gasteiger partial charge is 0.454 e. The minimum Gasteiger partial charge on any atom is -0.454 e. The molecule has 0 bridgehead atoms. The fourth-order valence-corrected chi connectivity index (χ4v) is 6.20. The highest BCUT2D eigenvalue weighted by molar-refractivity contribution is 9.12. The maximum Gasteiger partial charge on any atom is 0.343 e. The summed E-state index contributed by atoms with van der Waals surface area (Å²) in [7, 11) is 0. The molecule has 1 heterocycles. The number of halogens is 2. The summed E-state index contributed by atoms with van der Waals surface area (Å²) >= 11 is 7.16. The number of fused-ring (bicyclic) bond motifs is 1. The Balaban J connectivity index is 1.15. The lowest BCUT2D eigenvalue weighted by Gasteiger charge is -2.29. The summed E-state index contributed by atoms with van der Waals surface area (Å²) in [4.78, 5) is 64.8. The van der Waals surface area contributed by atoms with E-state index in [9.17, 15) is 24.0 Å². The first-order valence-corrected chi connectivity index (χ1v) is 14.8. The predicted molar refractivity (Wildman–Crippen MR) is 158 cm³/mol. The Labute approximate surface area is 253 Å². The normalized spacial score (nSPS) is 21.8. The molecule has 4 atom stereocenters. The maximum atomic E-state index is 13.0. The molecule has 10 heteroatoms. The number of alkyl halides is 2. The standard InChI is InChI=1S/C31H25Br2NO7/c1-17-2-4-20(5-3-17)31(39)41-22-12-8-18(9-13-22)27(35)16-40-30(38)19-6-10-21(11-7-19)34-28(36)23-14-25(32)26(33)15-24(23)29(34)37/h2-13,23-26H,14-16H2,1H3/t23-,24-,25+,26+/m1/s1. The van der Waals surface area contributed by atoms with Crippen LogP contribution in [0.2, 0.25) is 0 Å². The zero-order chi connectivity index (χ0) is 29.3. The number of anilines is 1. The minimum absolute atomic E-state index is 0.111. The van der Waals surface area contributed by atoms with E-state index in [1.54, 1.807) is 12.1 Å². The van der Waals surface area contributed by atoms with E-state index in [4.69, 9.17) is 9.47 Å². The van der Waals surface area contributed by atoms with Crippen molar-refractivity contribution < 1.29 is 33.4 Å². The highest BCUT2D eigenvalue weighted by atomic mass is 79.9. The van der Waals surface area contributed by atoms with Crippen LogP contribution in [-0.4, -0.2) is 45.8 Å². The molecule has 210 valence electrons. The molecule has 3 aromatic carbocycles. The third-order valence-corrected chi connectivity index (χ3v) is 10.0. The smallest absolute Gasteiger partial charge is 0.343 e. The van der Waals surface area contributed by atoms with Crippen LogP contribution in [0, 0.1) is 18.8 Å². The number of aryl methyl sites for hydroxylation is 1. The van der Waals surface area contributed by atoms with Gasteiger partial charge in [-0.1, -0.05) is 49.6 Å². The van der Waals surface area contributed by atoms with Crippen LogP contribution in [-0.2, 0) is 14.3 Å². The number of hydrogen-bond acceptors (Lipinski definition) is 7. The molecule has 1 saturated carbocycles. The van der Waals surface area contributed by atoms with Gasteiger partial charge in [0.25, 0.3) is 0 Å². The van der Waals surface area contributed by atoms with Crippen LogP contribution in [0.25, 0.3) is 0 Å². The van der Waals surface area contributed by atoms with Crippen molar-refractivity contribution in [2.24, 2.45) is 11.8 Å². The number of ketones is 1. The van der Waals surface area contributed by atoms with Crippen molar-refractivity contribution in [1.29, 1.82) is 0 Å². The quantitative estimate of drug-likeness (QED) is 0.104. The van der Waals surface area contributed by atoms with Gasteiger partial charge >= 0.3 is 11.9 Å². The molecule has 0 unspecified atom stereocenters. The zero-order valence-corrected chi connectivity index (χ0v) is 25.1. The van der Waals surface area contributed by atoms with Crippen LogP contribution in [0.3, 0.4) is 0 Å². The zero-order valence-electron chi connectivity index (χ0n) is 21.9. The van der Waals surface area contributed by atoms with Gasteiger partial charge in [-0.15, -0.1) is 0 Å². The number of rotatable bonds is 7. The SMILES string of the molecule is Cc1ccc(C(=O)Oc2ccc(C(=O)COC(=O)c3ccc(N4C(=O)[C@@H]5C[C@H](Br)[C@@H](Br)C[C@H]5C4=O)cc3)cc2)cc1. The van der Waals surface area contributed by atoms with Crippen molar-refractivity contribution in [1.82, 2.24) is 0 Å². The Morgan fingerprint density at radius 3 is 1.78 bits per heavy atom. The molecule has 0 radical (unpaired) electrons. The van der Waals surface area contributed by atoms with Crippen molar-refractivity contribution in [3.63, 3.8) is 0 Å². The average Bonchev–Trinajstić information content (AvgIpc) is 3.20. The highest BCUT2D eigenvalue weighted by Crippen LogP contribution is 2.44. The number of amides is 2. The molecule has 2 amide bonds. The van der Waals surface area contributed by atoms with Gasteiger partial charge in [0.1, 0.15) is 5.75 Å². The Morgan fingerprint density at radius 1 is 0.732 bits per heavy atom. The number of carbonyl (C=O) groups excluding carboxylic acids is 5. The van der Waals surface area contributed by atoms with Crippen LogP contribution in [0.4, 0.5) is 5.69 Å². The van der Waals surface area contributed by atoms with E-state index >= 15 is 0 Å². The van der Waals surface area contributed by atoms with Gasteiger partial charge in [0.15, 0.2) is 12.4 Å². The second kappa shape index (κ2) is 12.1. The Bertz CT molecular complexity index is 1470. The molecule has 8 nitrogen and oxygen atoms in total. The maximum absolute atomic E-state index is 13.0. The molecule has 41 heavy (non-hydrogen) atoms. The molecule has 0 spiro atoms. The van der Waals surface area contributed by atoms with Crippen LogP contribution in [0.5, 0.6) is 5.75 Å². The summed E-state index contributed by atoms with van der Waals surface area (Å²) in [5, 5.41) is 0. The number of imide groups is 1. The van der Waals surface area contributed by atoms with E-state index in [0.717, 1.165) is 5.56 Å². The molecule has 2 fully saturated rings. The molecule has 1 aliphatic carbocycles. The van der Waals surface area contributed by atoms with Crippen molar-refractivity contribution >= 4 is 67.1 Å². The van der Waals surface area contributed by atoms with Gasteiger partial charge in [-0.2, -0.15) is 0 Å². The first-order chi connectivity index (χ1) is 19.6. The van der Waals surface area contributed by atoms with Crippen LogP contribution in [0.15, 0.2) is 72.8 Å². The van der Waals surface area contributed by atoms with Crippen molar-refractivity contribution in [3.05, 3.63) is 95.1 Å². The van der Waals surface area contributed by atoms with Gasteiger partial charge in [0, 0.05) is 15.2 Å². The third kappa shape index (κ3) is 6.18. The Kier molecular flexibility index (Phi) is 8.51. The van der Waals surface area contributed by atoms with E-state index in [0.29, 0.717) is 24.1 Å². The van der Waals surface area contributed by atoms with Crippen LogP contribution < -0.4 is 9.64 Å². The molecule has 3 aromatic rings. The Morgan fingerprint density at radius 2 is 1.22 bits per heavy atom. The molecule has 0 aromatic heterocycles. The molecule has 2 aliphatic rings. The first-order valence-electron chi connectivity index (χ1n) is 13.0. The van der Waals surface area contributed by atoms with E-state index in [1.807, 2.05) is 19.1 Å². The predicted octanol–water partition coefficient (Wildman–Crippen LogP) is 5.68. The van der Waals surface area contributed by atoms with Gasteiger partial charge in [-0.05, 0) is 80.4 Å². The third-order valence-electron chi connectivity index (χ3n) is 7.28. The number of esters is 2. The number of nitrogens with zero attached hydrogens (tertiary/aromatic N) is 1. The van der Waals surface area contributed by atoms with Crippen LogP contribution in [0.1, 0.15) is 49.5 Å². The summed E-state index contributed by atoms with van der Waals surface area (Å²) in [6.45, 7) is 1.43. The second-order valence-electron chi connectivity index (χ2n) is 10.1. The molecular weight excluding hydrogens is 658 g/mol. The molecule has 1 saturated heterocycles. The van der Waals surface area contributed by atoms with E-state index in [2.05, 4.69) is 31.9 Å². The first kappa shape index (κ1) is 28.9. The molecule has 5 rings (SSSR count). The summed E-state index contributed by atoms with van der Waals surface area (Å²) in [5.41, 5.74) is 2.29. The van der Waals surface area contributed by atoms with Crippen molar-refractivity contribution in [2.45, 2.75) is 29.4 Å². The Hall–Kier alpha value is -3.63. The van der Waals surface area contributed by atoms with E-state index < -0.39 is 24.3 Å². The lowest BCUT2D eigenvalue weighted by Crippen LogP contribution is -2.34. The average molecular weight is 683 g/mol. The molecule has 0 N–H and O–H groups in total. The lowest BCUT2D eigenvalue weighted by atomic mass is 9.81. The number of benzene rings is 3. The monoisotopic (exact) mass is 681 g/mol. The van der Waals surface area contributed by atoms with E-state index in [-0.39, 0.29) is 50.2 Å². The van der Waals surface area contributed by atoms with E-state index in [1.165, 1.54) is 53.4 Å². The van der Waals surface area contributed by atoms with Crippen molar-refractivity contribution in [3.8, 4) is 5.75 Å². The molecule has 1 aliphatic heterocycles. The lowest BCUT2D eigenvalue weighted by molar-refractivity contribution is -0.122. The van der Waals surface area contributed by atoms with Gasteiger partial charge < -0.3 is 9.47 Å². The highest BCUT2D eigenvalue weighted by Gasteiger charge is 2.52. The number of Topliss-reactive ketones (excluding diaryl/α,β-unsaturated/α-hetero) is 1. The summed E-state index contributed by atoms with van der Waals surface area (Å²) < 4.78 is 10.5. The fourth-order valence-electron chi connectivity index (χ4n) is 4.96. The minimum atomic E-state index is -0.717. The summed E-state index contributed by atoms with van der Waals surface area (Å²) in [6, 6.07) is 18.9. The number of ether oxygens (including phenoxy) is 2. The fraction of sp³-hybridized carbons (Fsp3) is 0.258. The number of carbonyl (C=O) groups is 5. The second-order valence-corrected chi connectivity index (χ2v) is 12.4. The number of hydrogen-bond donors (Lipinski definition) is 0. The summed E-state index contributed by atoms with van der Waals surface area (Å²) in [5.74, 6) is -2.60. The topological polar surface area (TPSA) is 107 Å². The molecular formula is C31H25Br2NO7. The van der Waals surface area contributed by atoms with Gasteiger partial charge in [0.2, 0.25) is 11.8 Å². The van der Waals surface area contributed by atoms with Gasteiger partial charge in [0.05, 0.1) is 28.7 Å². The van der Waals surface area contributed by atoms with Crippen molar-refractivity contribution in [2.75, 3.05) is 11.5 Å².